The number of aliphatic hydroxyl groups is 1. The lowest BCUT2D eigenvalue weighted by atomic mass is 9.77. The molecule has 0 bridgehead atoms. The number of fused-ring (bicyclic) bond motifs is 2. The summed E-state index contributed by atoms with van der Waals surface area (Å²) in [5.41, 5.74) is -0.724. The molecule has 2 saturated heterocycles. The van der Waals surface area contributed by atoms with E-state index in [1.807, 2.05) is 50.3 Å². The molecule has 2 fully saturated rings. The van der Waals surface area contributed by atoms with Crippen molar-refractivity contribution >= 4 is 23.7 Å². The molecule has 10 heteroatoms. The summed E-state index contributed by atoms with van der Waals surface area (Å²) < 4.78 is 13.0. The molecule has 4 aliphatic rings. The first-order valence-electron chi connectivity index (χ1n) is 15.9. The molecule has 238 valence electrons. The van der Waals surface area contributed by atoms with Crippen molar-refractivity contribution in [1.29, 1.82) is 0 Å². The fourth-order valence-corrected chi connectivity index (χ4v) is 7.22. The molecule has 0 saturated carbocycles. The topological polar surface area (TPSA) is 125 Å². The Kier molecular flexibility index (Phi) is 9.60. The minimum atomic E-state index is -1.43. The van der Waals surface area contributed by atoms with E-state index in [1.54, 1.807) is 30.1 Å². The Morgan fingerprint density at radius 3 is 2.52 bits per heavy atom. The van der Waals surface area contributed by atoms with Crippen molar-refractivity contribution in [2.75, 3.05) is 19.7 Å². The zero-order valence-corrected chi connectivity index (χ0v) is 26.1. The zero-order valence-electron chi connectivity index (χ0n) is 26.1. The molecule has 1 spiro atoms. The number of cyclic esters (lactones) is 1. The Bertz CT molecular complexity index is 1300. The number of unbranched alkanes of at least 4 members (excludes halogenated alkanes) is 1. The average molecular weight is 608 g/mol. The van der Waals surface area contributed by atoms with Crippen LogP contribution < -0.4 is 5.32 Å². The Morgan fingerprint density at radius 2 is 1.84 bits per heavy atom. The van der Waals surface area contributed by atoms with Gasteiger partial charge in [0, 0.05) is 19.5 Å². The molecule has 4 aliphatic heterocycles. The largest absolute Gasteiger partial charge is 0.455 e. The highest BCUT2D eigenvalue weighted by atomic mass is 16.6. The number of hydrogen-bond acceptors (Lipinski definition) is 7. The number of allylic oxidation sites excluding steroid dienone is 1. The highest BCUT2D eigenvalue weighted by Gasteiger charge is 2.72. The van der Waals surface area contributed by atoms with Crippen molar-refractivity contribution in [3.05, 3.63) is 60.2 Å². The van der Waals surface area contributed by atoms with Gasteiger partial charge in [-0.05, 0) is 31.2 Å². The minimum absolute atomic E-state index is 0.158. The van der Waals surface area contributed by atoms with Gasteiger partial charge in [-0.15, -0.1) is 0 Å². The summed E-state index contributed by atoms with van der Waals surface area (Å²) in [6.07, 6.45) is 7.86. The molecule has 2 N–H and O–H groups in total. The number of aliphatic hydroxyl groups excluding tert-OH is 1. The molecule has 10 nitrogen and oxygen atoms in total. The van der Waals surface area contributed by atoms with Gasteiger partial charge in [0.1, 0.15) is 23.7 Å². The van der Waals surface area contributed by atoms with Gasteiger partial charge in [-0.1, -0.05) is 81.8 Å². The third kappa shape index (κ3) is 5.70. The second-order valence-electron chi connectivity index (χ2n) is 12.7. The van der Waals surface area contributed by atoms with Crippen LogP contribution in [0.1, 0.15) is 65.0 Å². The molecule has 0 aliphatic carbocycles. The van der Waals surface area contributed by atoms with Gasteiger partial charge in [0.2, 0.25) is 17.7 Å². The quantitative estimate of drug-likeness (QED) is 0.361. The van der Waals surface area contributed by atoms with Crippen LogP contribution in [0.15, 0.2) is 54.6 Å². The SMILES string of the molecule is CCCCN1CC=C[C@]23O[C@@H]4/C=C\CCC(=O)N[C@H](C)[C@@H](c5ccccc5)OC(=O)[C@@H]4[C@H]2C(=O)N([C@@H](CO)C(C)C)[C@@H]3C1=O. The van der Waals surface area contributed by atoms with E-state index in [-0.39, 0.29) is 30.8 Å². The van der Waals surface area contributed by atoms with Crippen molar-refractivity contribution in [2.45, 2.75) is 89.3 Å². The van der Waals surface area contributed by atoms with E-state index in [1.165, 1.54) is 4.90 Å². The van der Waals surface area contributed by atoms with E-state index in [2.05, 4.69) is 12.2 Å². The third-order valence-electron chi connectivity index (χ3n) is 9.46. The van der Waals surface area contributed by atoms with E-state index in [0.717, 1.165) is 12.8 Å². The monoisotopic (exact) mass is 607 g/mol. The molecular formula is C34H45N3O7. The summed E-state index contributed by atoms with van der Waals surface area (Å²) in [5.74, 6) is -3.71. The maximum Gasteiger partial charge on any atom is 0.313 e. The molecule has 8 atom stereocenters. The number of esters is 1. The Labute approximate surface area is 259 Å². The maximum absolute atomic E-state index is 14.6. The molecule has 1 aromatic rings. The van der Waals surface area contributed by atoms with Crippen LogP contribution in [-0.2, 0) is 28.7 Å². The summed E-state index contributed by atoms with van der Waals surface area (Å²) >= 11 is 0. The van der Waals surface area contributed by atoms with E-state index >= 15 is 0 Å². The Balaban J connectivity index is 1.62. The number of carbonyl (C=O) groups excluding carboxylic acids is 4. The molecule has 5 rings (SSSR count). The zero-order chi connectivity index (χ0) is 31.6. The van der Waals surface area contributed by atoms with E-state index in [0.29, 0.717) is 25.1 Å². The maximum atomic E-state index is 14.6. The van der Waals surface area contributed by atoms with Crippen LogP contribution in [0.2, 0.25) is 0 Å². The number of amides is 3. The van der Waals surface area contributed by atoms with E-state index in [9.17, 15) is 24.3 Å². The standard InChI is InChI=1S/C34H45N3O7/c1-5-6-18-36-19-12-17-34-28(31(40)37(30(34)32(36)41)24(20-38)21(2)3)27-25(44-34)15-10-11-16-26(39)35-22(4)29(43-33(27)42)23-13-8-7-9-14-23/h7-10,12-15,17,21-22,24-25,27-30,38H,5-6,11,16,18-20H2,1-4H3,(H,35,39)/b15-10-/t22-,24+,25-,27+,28+,29+,30-,34+/m1/s1. The van der Waals surface area contributed by atoms with Gasteiger partial charge in [0.25, 0.3) is 0 Å². The first kappa shape index (κ1) is 31.9. The fourth-order valence-electron chi connectivity index (χ4n) is 7.22. The molecule has 0 aromatic heterocycles. The van der Waals surface area contributed by atoms with Gasteiger partial charge in [0.15, 0.2) is 0 Å². The van der Waals surface area contributed by atoms with Gasteiger partial charge in [0.05, 0.1) is 30.7 Å². The molecule has 4 heterocycles. The lowest BCUT2D eigenvalue weighted by Gasteiger charge is -2.39. The molecule has 0 unspecified atom stereocenters. The molecule has 0 radical (unpaired) electrons. The first-order valence-corrected chi connectivity index (χ1v) is 15.9. The number of likely N-dealkylation sites (tertiary alicyclic amines) is 1. The van der Waals surface area contributed by atoms with Crippen molar-refractivity contribution in [3.63, 3.8) is 0 Å². The molecule has 1 aromatic carbocycles. The van der Waals surface area contributed by atoms with Gasteiger partial charge in [-0.2, -0.15) is 0 Å². The Morgan fingerprint density at radius 1 is 1.09 bits per heavy atom. The lowest BCUT2D eigenvalue weighted by molar-refractivity contribution is -0.162. The van der Waals surface area contributed by atoms with Gasteiger partial charge in [-0.3, -0.25) is 19.2 Å². The highest BCUT2D eigenvalue weighted by Crippen LogP contribution is 2.54. The minimum Gasteiger partial charge on any atom is -0.455 e. The van der Waals surface area contributed by atoms with Gasteiger partial charge < -0.3 is 29.7 Å². The normalized spacial score (nSPS) is 33.9. The lowest BCUT2D eigenvalue weighted by Crippen LogP contribution is -2.59. The second-order valence-corrected chi connectivity index (χ2v) is 12.7. The number of hydrogen-bond donors (Lipinski definition) is 2. The summed E-state index contributed by atoms with van der Waals surface area (Å²) in [7, 11) is 0. The second kappa shape index (κ2) is 13.2. The number of nitrogens with zero attached hydrogens (tertiary/aromatic N) is 2. The molecule has 3 amide bonds. The van der Waals surface area contributed by atoms with Crippen LogP contribution in [0.4, 0.5) is 0 Å². The Hall–Kier alpha value is -3.50. The number of carbonyl (C=O) groups is 4. The summed E-state index contributed by atoms with van der Waals surface area (Å²) in [6.45, 7) is 8.20. The van der Waals surface area contributed by atoms with E-state index < -0.39 is 59.6 Å². The third-order valence-corrected chi connectivity index (χ3v) is 9.46. The number of nitrogens with one attached hydrogen (secondary N) is 1. The van der Waals surface area contributed by atoms with Crippen LogP contribution >= 0.6 is 0 Å². The number of benzene rings is 1. The average Bonchev–Trinajstić information content (AvgIpc) is 3.38. The van der Waals surface area contributed by atoms with Crippen LogP contribution in [0.5, 0.6) is 0 Å². The van der Waals surface area contributed by atoms with Crippen molar-refractivity contribution in [1.82, 2.24) is 15.1 Å². The van der Waals surface area contributed by atoms with Crippen LogP contribution in [-0.4, -0.2) is 88.1 Å². The van der Waals surface area contributed by atoms with Gasteiger partial charge >= 0.3 is 5.97 Å². The van der Waals surface area contributed by atoms with Crippen LogP contribution in [0.25, 0.3) is 0 Å². The first-order chi connectivity index (χ1) is 21.1. The van der Waals surface area contributed by atoms with Crippen molar-refractivity contribution < 1.29 is 33.8 Å². The summed E-state index contributed by atoms with van der Waals surface area (Å²) in [4.78, 5) is 59.3. The smallest absolute Gasteiger partial charge is 0.313 e. The predicted octanol–water partition coefficient (Wildman–Crippen LogP) is 2.92. The summed E-state index contributed by atoms with van der Waals surface area (Å²) in [6, 6.07) is 6.96. The highest BCUT2D eigenvalue weighted by molar-refractivity contribution is 5.99. The van der Waals surface area contributed by atoms with Crippen LogP contribution in [0.3, 0.4) is 0 Å². The van der Waals surface area contributed by atoms with Crippen LogP contribution in [0, 0.1) is 17.8 Å². The molecule has 44 heavy (non-hydrogen) atoms. The van der Waals surface area contributed by atoms with E-state index in [4.69, 9.17) is 9.47 Å². The number of ether oxygens (including phenoxy) is 2. The molecular weight excluding hydrogens is 562 g/mol. The summed E-state index contributed by atoms with van der Waals surface area (Å²) in [5, 5.41) is 13.4. The predicted molar refractivity (Wildman–Crippen MR) is 163 cm³/mol. The number of rotatable bonds is 7. The van der Waals surface area contributed by atoms with Crippen molar-refractivity contribution in [2.24, 2.45) is 17.8 Å². The van der Waals surface area contributed by atoms with Gasteiger partial charge in [-0.25, -0.2) is 0 Å². The fraction of sp³-hybridized carbons (Fsp3) is 0.588. The van der Waals surface area contributed by atoms with Crippen molar-refractivity contribution in [3.8, 4) is 0 Å².